The van der Waals surface area contributed by atoms with Crippen LogP contribution < -0.4 is 10.2 Å². The van der Waals surface area contributed by atoms with E-state index in [1.54, 1.807) is 0 Å². The van der Waals surface area contributed by atoms with Crippen LogP contribution >= 0.6 is 11.6 Å². The second-order valence-corrected chi connectivity index (χ2v) is 14.3. The molecule has 3 N–H and O–H groups in total. The smallest absolute Gasteiger partial charge is 0.0610 e. The monoisotopic (exact) mass is 658 g/mol. The molecule has 1 aliphatic carbocycles. The van der Waals surface area contributed by atoms with Crippen molar-refractivity contribution in [3.63, 3.8) is 0 Å². The summed E-state index contributed by atoms with van der Waals surface area (Å²) in [6, 6.07) is 25.6. The van der Waals surface area contributed by atoms with Crippen LogP contribution in [0.25, 0.3) is 21.5 Å². The number of β-amino-alcohol motifs (C(OH)–C–C–N with tert-alkyl or cyclic N) is 1. The van der Waals surface area contributed by atoms with Gasteiger partial charge in [0, 0.05) is 46.0 Å². The Morgan fingerprint density at radius 3 is 2.33 bits per heavy atom. The third-order valence-electron chi connectivity index (χ3n) is 10.2. The van der Waals surface area contributed by atoms with E-state index in [-0.39, 0.29) is 24.0 Å². The fraction of sp³-hybridized carbons (Fsp3) is 0.302. The van der Waals surface area contributed by atoms with Gasteiger partial charge in [0.25, 0.3) is 0 Å². The standard InChI is InChI=1S/C43H47ClN2O2/c1-29(42(2,3)39-34-15-8-6-11-30(34)19-22-36(39)45-25-27-47)17-18-32-13-10-14-33(41(32)44)21-24-38-43(4,5)40-35-16-9-7-12-31(35)20-23-37(40)46(38)26-28-48/h6-9,11-12,15-24,45,47-48H,1,10,13-14,25-28H2,2-5H3/b18-17+,33-21+,38-24+. The number of benzene rings is 4. The molecule has 0 aromatic heterocycles. The highest BCUT2D eigenvalue weighted by Gasteiger charge is 2.41. The number of hydrogen-bond acceptors (Lipinski definition) is 4. The Labute approximate surface area is 290 Å². The number of aliphatic hydroxyl groups is 2. The summed E-state index contributed by atoms with van der Waals surface area (Å²) in [7, 11) is 0. The van der Waals surface area contributed by atoms with Gasteiger partial charge in [0.2, 0.25) is 0 Å². The fourth-order valence-electron chi connectivity index (χ4n) is 7.62. The molecule has 0 unspecified atom stereocenters. The fourth-order valence-corrected chi connectivity index (χ4v) is 7.93. The lowest BCUT2D eigenvalue weighted by atomic mass is 9.75. The quantitative estimate of drug-likeness (QED) is 0.148. The molecular weight excluding hydrogens is 612 g/mol. The van der Waals surface area contributed by atoms with E-state index in [9.17, 15) is 10.2 Å². The zero-order chi connectivity index (χ0) is 34.1. The summed E-state index contributed by atoms with van der Waals surface area (Å²) in [5.74, 6) is 0. The average Bonchev–Trinajstić information content (AvgIpc) is 3.30. The van der Waals surface area contributed by atoms with E-state index in [4.69, 9.17) is 11.6 Å². The topological polar surface area (TPSA) is 55.7 Å². The lowest BCUT2D eigenvalue weighted by molar-refractivity contribution is 0.304. The van der Waals surface area contributed by atoms with Gasteiger partial charge in [-0.2, -0.15) is 0 Å². The highest BCUT2D eigenvalue weighted by Crippen LogP contribution is 2.51. The van der Waals surface area contributed by atoms with Crippen molar-refractivity contribution in [2.75, 3.05) is 36.5 Å². The number of allylic oxidation sites excluding steroid dienone is 9. The van der Waals surface area contributed by atoms with Gasteiger partial charge in [-0.15, -0.1) is 0 Å². The number of anilines is 2. The molecule has 4 aromatic rings. The van der Waals surface area contributed by atoms with Crippen molar-refractivity contribution in [2.24, 2.45) is 0 Å². The molecule has 0 saturated heterocycles. The van der Waals surface area contributed by atoms with Crippen molar-refractivity contribution in [3.05, 3.63) is 142 Å². The van der Waals surface area contributed by atoms with Crippen LogP contribution in [0.1, 0.15) is 58.1 Å². The molecule has 4 nitrogen and oxygen atoms in total. The Kier molecular flexibility index (Phi) is 9.71. The summed E-state index contributed by atoms with van der Waals surface area (Å²) in [6.45, 7) is 14.7. The molecule has 4 aromatic carbocycles. The van der Waals surface area contributed by atoms with Gasteiger partial charge in [0.05, 0.1) is 13.2 Å². The molecule has 0 amide bonds. The van der Waals surface area contributed by atoms with E-state index in [0.717, 1.165) is 52.4 Å². The third-order valence-corrected chi connectivity index (χ3v) is 10.7. The van der Waals surface area contributed by atoms with Gasteiger partial charge in [-0.1, -0.05) is 125 Å². The van der Waals surface area contributed by atoms with Gasteiger partial charge in [0.1, 0.15) is 0 Å². The number of halogens is 1. The molecule has 0 fully saturated rings. The highest BCUT2D eigenvalue weighted by atomic mass is 35.5. The summed E-state index contributed by atoms with van der Waals surface area (Å²) in [5, 5.41) is 28.6. The second kappa shape index (κ2) is 13.8. The Bertz CT molecular complexity index is 1990. The number of hydrogen-bond donors (Lipinski definition) is 3. The van der Waals surface area contributed by atoms with Crippen LogP contribution in [0.2, 0.25) is 0 Å². The van der Waals surface area contributed by atoms with Crippen LogP contribution in [0.5, 0.6) is 0 Å². The summed E-state index contributed by atoms with van der Waals surface area (Å²) >= 11 is 7.16. The van der Waals surface area contributed by atoms with E-state index in [1.807, 2.05) is 0 Å². The molecule has 6 rings (SSSR count). The molecule has 2 aliphatic rings. The van der Waals surface area contributed by atoms with Gasteiger partial charge in [-0.25, -0.2) is 0 Å². The van der Waals surface area contributed by atoms with Crippen LogP contribution in [-0.2, 0) is 10.8 Å². The molecule has 1 heterocycles. The van der Waals surface area contributed by atoms with Crippen molar-refractivity contribution in [2.45, 2.75) is 57.8 Å². The largest absolute Gasteiger partial charge is 0.395 e. The predicted octanol–water partition coefficient (Wildman–Crippen LogP) is 10.1. The zero-order valence-electron chi connectivity index (χ0n) is 28.6. The SMILES string of the molecule is C=C(/C=C/C1=C(Cl)C(=C/C=C2/N(CCO)c3ccc4ccccc4c3C2(C)C)/CCC1)C(C)(C)c1c(NCCO)ccc2ccccc12. The summed E-state index contributed by atoms with van der Waals surface area (Å²) in [6.07, 6.45) is 11.5. The molecule has 0 atom stereocenters. The van der Waals surface area contributed by atoms with E-state index in [1.165, 1.54) is 38.4 Å². The van der Waals surface area contributed by atoms with Gasteiger partial charge >= 0.3 is 0 Å². The number of aliphatic hydroxyl groups excluding tert-OH is 2. The molecule has 0 bridgehead atoms. The van der Waals surface area contributed by atoms with Crippen molar-refractivity contribution < 1.29 is 10.2 Å². The Morgan fingerprint density at radius 1 is 0.917 bits per heavy atom. The van der Waals surface area contributed by atoms with Crippen LogP contribution in [-0.4, -0.2) is 36.5 Å². The second-order valence-electron chi connectivity index (χ2n) is 14.0. The van der Waals surface area contributed by atoms with Crippen LogP contribution in [0, 0.1) is 0 Å². The van der Waals surface area contributed by atoms with Crippen molar-refractivity contribution >= 4 is 44.5 Å². The Balaban J connectivity index is 1.32. The van der Waals surface area contributed by atoms with E-state index in [2.05, 4.69) is 142 Å². The number of rotatable bonds is 10. The first-order valence-electron chi connectivity index (χ1n) is 17.0. The number of nitrogens with zero attached hydrogens (tertiary/aromatic N) is 1. The molecule has 248 valence electrons. The molecule has 1 aliphatic heterocycles. The van der Waals surface area contributed by atoms with Crippen molar-refractivity contribution in [1.29, 1.82) is 0 Å². The number of fused-ring (bicyclic) bond motifs is 4. The minimum Gasteiger partial charge on any atom is -0.395 e. The summed E-state index contributed by atoms with van der Waals surface area (Å²) in [4.78, 5) is 2.27. The summed E-state index contributed by atoms with van der Waals surface area (Å²) in [5.41, 5.74) is 8.41. The van der Waals surface area contributed by atoms with Crippen LogP contribution in [0.15, 0.2) is 131 Å². The lowest BCUT2D eigenvalue weighted by Gasteiger charge is -2.31. The maximum atomic E-state index is 10.0. The van der Waals surface area contributed by atoms with Crippen LogP contribution in [0.4, 0.5) is 11.4 Å². The minimum absolute atomic E-state index is 0.0630. The number of nitrogens with one attached hydrogen (secondary N) is 1. The summed E-state index contributed by atoms with van der Waals surface area (Å²) < 4.78 is 0. The molecule has 5 heteroatoms. The maximum absolute atomic E-state index is 10.0. The Hall–Kier alpha value is -4.09. The van der Waals surface area contributed by atoms with Crippen molar-refractivity contribution in [1.82, 2.24) is 0 Å². The lowest BCUT2D eigenvalue weighted by Crippen LogP contribution is -2.28. The Morgan fingerprint density at radius 2 is 1.60 bits per heavy atom. The average molecular weight is 659 g/mol. The van der Waals surface area contributed by atoms with E-state index < -0.39 is 0 Å². The highest BCUT2D eigenvalue weighted by molar-refractivity contribution is 6.32. The van der Waals surface area contributed by atoms with Crippen LogP contribution in [0.3, 0.4) is 0 Å². The maximum Gasteiger partial charge on any atom is 0.0610 e. The molecule has 0 spiro atoms. The first-order valence-corrected chi connectivity index (χ1v) is 17.4. The normalized spacial score (nSPS) is 18.1. The first kappa shape index (κ1) is 33.8. The van der Waals surface area contributed by atoms with Gasteiger partial charge in [0.15, 0.2) is 0 Å². The first-order chi connectivity index (χ1) is 23.1. The molecule has 0 saturated carbocycles. The molecule has 48 heavy (non-hydrogen) atoms. The predicted molar refractivity (Wildman–Crippen MR) is 205 cm³/mol. The van der Waals surface area contributed by atoms with Gasteiger partial charge < -0.3 is 20.4 Å². The minimum atomic E-state index is -0.386. The van der Waals surface area contributed by atoms with Gasteiger partial charge in [-0.3, -0.25) is 0 Å². The van der Waals surface area contributed by atoms with Crippen molar-refractivity contribution in [3.8, 4) is 0 Å². The molecular formula is C43H47ClN2O2. The van der Waals surface area contributed by atoms with E-state index >= 15 is 0 Å². The third kappa shape index (κ3) is 6.14. The van der Waals surface area contributed by atoms with E-state index in [0.29, 0.717) is 13.1 Å². The molecule has 0 radical (unpaired) electrons. The van der Waals surface area contributed by atoms with Gasteiger partial charge in [-0.05, 0) is 86.9 Å². The zero-order valence-corrected chi connectivity index (χ0v) is 29.4.